The van der Waals surface area contributed by atoms with Gasteiger partial charge < -0.3 is 14.6 Å². The molecule has 0 aliphatic carbocycles. The van der Waals surface area contributed by atoms with Gasteiger partial charge in [0.15, 0.2) is 5.58 Å². The number of carbonyl (C=O) groups excluding carboxylic acids is 1. The lowest BCUT2D eigenvalue weighted by molar-refractivity contribution is -0.0696. The Kier molecular flexibility index (Phi) is 3.69. The molecular weight excluding hydrogens is 335 g/mol. The highest BCUT2D eigenvalue weighted by atomic mass is 19.4. The first-order chi connectivity index (χ1) is 11.9. The lowest BCUT2D eigenvalue weighted by Crippen LogP contribution is -2.43. The molecule has 2 aliphatic heterocycles. The summed E-state index contributed by atoms with van der Waals surface area (Å²) in [6.07, 6.45) is -1.06. The minimum Gasteiger partial charge on any atom is -0.461 e. The van der Waals surface area contributed by atoms with E-state index in [1.165, 1.54) is 18.2 Å². The average Bonchev–Trinajstić information content (AvgIpc) is 3.26. The van der Waals surface area contributed by atoms with Crippen molar-refractivity contribution in [3.63, 3.8) is 0 Å². The van der Waals surface area contributed by atoms with Gasteiger partial charge in [-0.1, -0.05) is 5.92 Å². The number of fused-ring (bicyclic) bond motifs is 3. The van der Waals surface area contributed by atoms with E-state index in [9.17, 15) is 18.0 Å². The van der Waals surface area contributed by atoms with Gasteiger partial charge in [0.25, 0.3) is 5.91 Å². The summed E-state index contributed by atoms with van der Waals surface area (Å²) in [5.41, 5.74) is 0.505. The highest BCUT2D eigenvalue weighted by Gasteiger charge is 2.38. The van der Waals surface area contributed by atoms with Gasteiger partial charge in [-0.25, -0.2) is 4.98 Å². The first-order valence-corrected chi connectivity index (χ1v) is 7.89. The number of hydrogen-bond donors (Lipinski definition) is 1. The first kappa shape index (κ1) is 16.0. The predicted molar refractivity (Wildman–Crippen MR) is 82.7 cm³/mol. The molecule has 1 N–H and O–H groups in total. The molecule has 2 saturated heterocycles. The molecule has 130 valence electrons. The minimum absolute atomic E-state index is 0.0785. The average molecular weight is 349 g/mol. The third-order valence-corrected chi connectivity index (χ3v) is 4.68. The smallest absolute Gasteiger partial charge is 0.458 e. The van der Waals surface area contributed by atoms with Crippen molar-refractivity contribution in [2.75, 3.05) is 19.6 Å². The van der Waals surface area contributed by atoms with Crippen LogP contribution in [-0.4, -0.2) is 47.6 Å². The fourth-order valence-electron chi connectivity index (χ4n) is 3.48. The second-order valence-electron chi connectivity index (χ2n) is 6.35. The molecule has 0 radical (unpaired) electrons. The van der Waals surface area contributed by atoms with Crippen LogP contribution in [0.25, 0.3) is 11.0 Å². The van der Waals surface area contributed by atoms with E-state index in [1.807, 2.05) is 5.92 Å². The minimum atomic E-state index is -4.59. The van der Waals surface area contributed by atoms with Crippen molar-refractivity contribution in [2.24, 2.45) is 5.92 Å². The van der Waals surface area contributed by atoms with Gasteiger partial charge in [-0.3, -0.25) is 4.79 Å². The van der Waals surface area contributed by atoms with Crippen molar-refractivity contribution in [2.45, 2.75) is 18.6 Å². The Morgan fingerprint density at radius 1 is 1.40 bits per heavy atom. The van der Waals surface area contributed by atoms with Gasteiger partial charge in [0.2, 0.25) is 0 Å². The number of halogens is 3. The number of alkyl halides is 3. The van der Waals surface area contributed by atoms with Crippen LogP contribution in [0.5, 0.6) is 0 Å². The fraction of sp³-hybridized carbons (Fsp3) is 0.412. The van der Waals surface area contributed by atoms with Gasteiger partial charge in [0.1, 0.15) is 12.0 Å². The third kappa shape index (κ3) is 3.20. The van der Waals surface area contributed by atoms with Gasteiger partial charge in [-0.05, 0) is 24.9 Å². The number of nitrogens with one attached hydrogen (secondary N) is 1. The maximum Gasteiger partial charge on any atom is 0.458 e. The monoisotopic (exact) mass is 349 g/mol. The van der Waals surface area contributed by atoms with Gasteiger partial charge in [-0.2, -0.15) is 13.2 Å². The summed E-state index contributed by atoms with van der Waals surface area (Å²) in [6.45, 7) is 2.89. The molecular formula is C17H14F3N3O2. The summed E-state index contributed by atoms with van der Waals surface area (Å²) in [7, 11) is 0. The summed E-state index contributed by atoms with van der Waals surface area (Å²) in [6, 6.07) is 1.51. The normalized spacial score (nSPS) is 25.0. The molecule has 5 nitrogen and oxygen atoms in total. The van der Waals surface area contributed by atoms with E-state index >= 15 is 0 Å². The Morgan fingerprint density at radius 3 is 2.92 bits per heavy atom. The molecule has 2 aromatic rings. The highest BCUT2D eigenvalue weighted by molar-refractivity contribution is 5.97. The lowest BCUT2D eigenvalue weighted by Gasteiger charge is -2.22. The molecule has 2 fully saturated rings. The Labute approximate surface area is 141 Å². The molecule has 4 heterocycles. The van der Waals surface area contributed by atoms with Crippen molar-refractivity contribution in [1.29, 1.82) is 0 Å². The van der Waals surface area contributed by atoms with E-state index in [0.29, 0.717) is 11.3 Å². The van der Waals surface area contributed by atoms with E-state index in [1.54, 1.807) is 0 Å². The molecule has 8 heteroatoms. The molecule has 2 unspecified atom stereocenters. The van der Waals surface area contributed by atoms with Crippen LogP contribution in [0, 0.1) is 17.8 Å². The Bertz CT molecular complexity index is 894. The van der Waals surface area contributed by atoms with E-state index < -0.39 is 6.18 Å². The Hall–Kier alpha value is -2.53. The van der Waals surface area contributed by atoms with E-state index in [2.05, 4.69) is 15.2 Å². The summed E-state index contributed by atoms with van der Waals surface area (Å²) in [5.74, 6) is 3.36. The maximum absolute atomic E-state index is 12.4. The van der Waals surface area contributed by atoms with Gasteiger partial charge >= 0.3 is 6.18 Å². The largest absolute Gasteiger partial charge is 0.461 e. The number of pyridine rings is 1. The van der Waals surface area contributed by atoms with Crippen molar-refractivity contribution in [1.82, 2.24) is 15.2 Å². The van der Waals surface area contributed by atoms with E-state index in [4.69, 9.17) is 4.42 Å². The Balaban J connectivity index is 1.57. The van der Waals surface area contributed by atoms with Crippen LogP contribution in [0.3, 0.4) is 0 Å². The fourth-order valence-corrected chi connectivity index (χ4v) is 3.48. The zero-order chi connectivity index (χ0) is 17.6. The molecule has 2 bridgehead atoms. The molecule has 1 amide bonds. The number of nitrogens with zero attached hydrogens (tertiary/aromatic N) is 2. The topological polar surface area (TPSA) is 58.4 Å². The summed E-state index contributed by atoms with van der Waals surface area (Å²) < 4.78 is 42.0. The number of hydrogen-bond acceptors (Lipinski definition) is 4. The van der Waals surface area contributed by atoms with Crippen LogP contribution in [0.4, 0.5) is 13.2 Å². The maximum atomic E-state index is 12.4. The van der Waals surface area contributed by atoms with Gasteiger partial charge in [0, 0.05) is 30.4 Å². The molecule has 4 rings (SSSR count). The Morgan fingerprint density at radius 2 is 2.24 bits per heavy atom. The van der Waals surface area contributed by atoms with Crippen LogP contribution in [0.1, 0.15) is 22.5 Å². The van der Waals surface area contributed by atoms with Crippen molar-refractivity contribution < 1.29 is 22.4 Å². The van der Waals surface area contributed by atoms with E-state index in [0.717, 1.165) is 32.3 Å². The molecule has 2 aliphatic rings. The molecule has 0 spiro atoms. The predicted octanol–water partition coefficient (Wildman–Crippen LogP) is 2.18. The third-order valence-electron chi connectivity index (χ3n) is 4.68. The van der Waals surface area contributed by atoms with Crippen LogP contribution in [-0.2, 0) is 0 Å². The first-order valence-electron chi connectivity index (χ1n) is 7.89. The number of aromatic nitrogens is 1. The van der Waals surface area contributed by atoms with E-state index in [-0.39, 0.29) is 28.8 Å². The standard InChI is InChI=1S/C17H14F3N3O2/c18-17(19,20)3-1-11-9-25-15-6-21-13(5-12(11)15)16(24)22-14-8-23-4-2-10(14)7-23/h5-6,9-10,14H,2,4,7-8H2,(H,22,24)/t10-,14?/m0/s1. The van der Waals surface area contributed by atoms with Crippen LogP contribution >= 0.6 is 0 Å². The molecule has 0 saturated carbocycles. The van der Waals surface area contributed by atoms with Crippen LogP contribution in [0.2, 0.25) is 0 Å². The second kappa shape index (κ2) is 5.77. The zero-order valence-corrected chi connectivity index (χ0v) is 13.1. The van der Waals surface area contributed by atoms with Crippen LogP contribution < -0.4 is 5.32 Å². The SMILES string of the molecule is O=C(NC1CN2CC[C@H]1C2)c1cc2c(C#CC(F)(F)F)coc2cn1. The number of furan rings is 1. The molecule has 2 aromatic heterocycles. The van der Waals surface area contributed by atoms with Crippen molar-refractivity contribution in [3.8, 4) is 11.8 Å². The number of amides is 1. The molecule has 3 atom stereocenters. The summed E-state index contributed by atoms with van der Waals surface area (Å²) in [5, 5.41) is 3.31. The molecule has 0 aromatic carbocycles. The summed E-state index contributed by atoms with van der Waals surface area (Å²) >= 11 is 0. The second-order valence-corrected chi connectivity index (χ2v) is 6.35. The number of rotatable bonds is 2. The van der Waals surface area contributed by atoms with Crippen LogP contribution in [0.15, 0.2) is 22.9 Å². The van der Waals surface area contributed by atoms with Crippen molar-refractivity contribution >= 4 is 16.9 Å². The van der Waals surface area contributed by atoms with Gasteiger partial charge in [-0.15, -0.1) is 0 Å². The number of carbonyl (C=O) groups is 1. The zero-order valence-electron chi connectivity index (χ0n) is 13.1. The van der Waals surface area contributed by atoms with Gasteiger partial charge in [0.05, 0.1) is 11.8 Å². The summed E-state index contributed by atoms with van der Waals surface area (Å²) in [4.78, 5) is 18.8. The van der Waals surface area contributed by atoms with Crippen molar-refractivity contribution in [3.05, 3.63) is 29.8 Å². The highest BCUT2D eigenvalue weighted by Crippen LogP contribution is 2.28. The quantitative estimate of drug-likeness (QED) is 0.845. The lowest BCUT2D eigenvalue weighted by atomic mass is 10.00. The number of piperidine rings is 1. The molecule has 25 heavy (non-hydrogen) atoms.